The van der Waals surface area contributed by atoms with Crippen molar-refractivity contribution in [2.45, 2.75) is 25.5 Å². The normalized spacial score (nSPS) is 13.8. The van der Waals surface area contributed by atoms with Crippen LogP contribution in [-0.4, -0.2) is 11.9 Å². The van der Waals surface area contributed by atoms with Crippen LogP contribution in [0.25, 0.3) is 0 Å². The van der Waals surface area contributed by atoms with Gasteiger partial charge in [-0.1, -0.05) is 30.3 Å². The van der Waals surface area contributed by atoms with Gasteiger partial charge >= 0.3 is 0 Å². The Bertz CT molecular complexity index is 638. The Balaban J connectivity index is 1.64. The summed E-state index contributed by atoms with van der Waals surface area (Å²) < 4.78 is 6.50. The summed E-state index contributed by atoms with van der Waals surface area (Å²) in [5.41, 5.74) is 1.76. The topological polar surface area (TPSA) is 38.3 Å². The van der Waals surface area contributed by atoms with Gasteiger partial charge in [-0.25, -0.2) is 0 Å². The molecule has 0 bridgehead atoms. The second-order valence-electron chi connectivity index (χ2n) is 5.16. The molecule has 0 heterocycles. The highest BCUT2D eigenvalue weighted by Crippen LogP contribution is 2.25. The lowest BCUT2D eigenvalue weighted by molar-refractivity contribution is 0.0950. The molecule has 1 amide bonds. The van der Waals surface area contributed by atoms with Gasteiger partial charge in [-0.05, 0) is 52.5 Å². The van der Waals surface area contributed by atoms with Crippen molar-refractivity contribution in [2.24, 2.45) is 0 Å². The van der Waals surface area contributed by atoms with E-state index >= 15 is 0 Å². The number of hydrogen-bond acceptors (Lipinski definition) is 2. The lowest BCUT2D eigenvalue weighted by atomic mass is 10.2. The molecule has 1 aliphatic rings. The highest BCUT2D eigenvalue weighted by Gasteiger charge is 2.24. The van der Waals surface area contributed by atoms with Gasteiger partial charge in [0.25, 0.3) is 5.91 Å². The van der Waals surface area contributed by atoms with Crippen LogP contribution in [0.5, 0.6) is 5.75 Å². The van der Waals surface area contributed by atoms with Crippen molar-refractivity contribution in [3.63, 3.8) is 0 Å². The lowest BCUT2D eigenvalue weighted by Gasteiger charge is -2.09. The molecule has 21 heavy (non-hydrogen) atoms. The van der Waals surface area contributed by atoms with E-state index in [0.29, 0.717) is 18.2 Å². The molecule has 0 aromatic heterocycles. The van der Waals surface area contributed by atoms with Crippen molar-refractivity contribution < 1.29 is 9.53 Å². The molecule has 1 N–H and O–H groups in total. The summed E-state index contributed by atoms with van der Waals surface area (Å²) in [4.78, 5) is 12.0. The van der Waals surface area contributed by atoms with Crippen LogP contribution < -0.4 is 10.1 Å². The second-order valence-corrected chi connectivity index (χ2v) is 6.02. The minimum absolute atomic E-state index is 0.0287. The van der Waals surface area contributed by atoms with Gasteiger partial charge in [0.2, 0.25) is 0 Å². The summed E-state index contributed by atoms with van der Waals surface area (Å²) in [6.07, 6.45) is 2.17. The first-order valence-corrected chi connectivity index (χ1v) is 7.79. The summed E-state index contributed by atoms with van der Waals surface area (Å²) in [5.74, 6) is 0.715. The molecule has 2 aromatic rings. The van der Waals surface area contributed by atoms with Gasteiger partial charge in [0.1, 0.15) is 12.4 Å². The van der Waals surface area contributed by atoms with Gasteiger partial charge in [-0.15, -0.1) is 0 Å². The number of nitrogens with one attached hydrogen (secondary N) is 1. The second kappa shape index (κ2) is 6.31. The van der Waals surface area contributed by atoms with Crippen molar-refractivity contribution in [3.8, 4) is 5.75 Å². The first-order chi connectivity index (χ1) is 10.2. The average molecular weight is 346 g/mol. The van der Waals surface area contributed by atoms with Gasteiger partial charge in [0.15, 0.2) is 0 Å². The summed E-state index contributed by atoms with van der Waals surface area (Å²) >= 11 is 3.44. The van der Waals surface area contributed by atoms with E-state index in [1.165, 1.54) is 0 Å². The molecule has 1 aliphatic carbocycles. The van der Waals surface area contributed by atoms with E-state index < -0.39 is 0 Å². The van der Waals surface area contributed by atoms with Crippen molar-refractivity contribution in [3.05, 3.63) is 64.1 Å². The minimum atomic E-state index is -0.0287. The number of hydrogen-bond donors (Lipinski definition) is 1. The Morgan fingerprint density at radius 3 is 2.62 bits per heavy atom. The zero-order chi connectivity index (χ0) is 14.7. The zero-order valence-corrected chi connectivity index (χ0v) is 13.1. The third-order valence-corrected chi connectivity index (χ3v) is 4.00. The van der Waals surface area contributed by atoms with Crippen molar-refractivity contribution in [1.82, 2.24) is 5.32 Å². The summed E-state index contributed by atoms with van der Waals surface area (Å²) in [5, 5.41) is 2.98. The zero-order valence-electron chi connectivity index (χ0n) is 11.5. The van der Waals surface area contributed by atoms with Crippen molar-refractivity contribution >= 4 is 21.8 Å². The highest BCUT2D eigenvalue weighted by atomic mass is 79.9. The van der Waals surface area contributed by atoms with Gasteiger partial charge < -0.3 is 10.1 Å². The molecule has 0 saturated heterocycles. The average Bonchev–Trinajstić information content (AvgIpc) is 3.30. The molecular weight excluding hydrogens is 330 g/mol. The number of halogens is 1. The Hall–Kier alpha value is -1.81. The molecule has 0 unspecified atom stereocenters. The number of rotatable bonds is 5. The van der Waals surface area contributed by atoms with Gasteiger partial charge in [0, 0.05) is 10.5 Å². The number of ether oxygens (including phenoxy) is 1. The smallest absolute Gasteiger partial charge is 0.252 e. The van der Waals surface area contributed by atoms with Crippen LogP contribution >= 0.6 is 15.9 Å². The maximum Gasteiger partial charge on any atom is 0.252 e. The Labute approximate surface area is 132 Å². The van der Waals surface area contributed by atoms with Crippen LogP contribution in [0.1, 0.15) is 28.8 Å². The molecule has 1 fully saturated rings. The highest BCUT2D eigenvalue weighted by molar-refractivity contribution is 9.10. The predicted molar refractivity (Wildman–Crippen MR) is 85.4 cm³/mol. The summed E-state index contributed by atoms with van der Waals surface area (Å²) in [7, 11) is 0. The third-order valence-electron chi connectivity index (χ3n) is 3.35. The maximum atomic E-state index is 12.0. The number of carbonyl (C=O) groups is 1. The number of benzene rings is 2. The van der Waals surface area contributed by atoms with Crippen molar-refractivity contribution in [1.29, 1.82) is 0 Å². The molecule has 0 radical (unpaired) electrons. The fourth-order valence-electron chi connectivity index (χ4n) is 2.00. The van der Waals surface area contributed by atoms with E-state index in [2.05, 4.69) is 21.2 Å². The lowest BCUT2D eigenvalue weighted by Crippen LogP contribution is -2.25. The first kappa shape index (κ1) is 14.1. The van der Waals surface area contributed by atoms with Crippen LogP contribution in [0.4, 0.5) is 0 Å². The predicted octanol–water partition coefficient (Wildman–Crippen LogP) is 3.92. The Morgan fingerprint density at radius 2 is 1.95 bits per heavy atom. The summed E-state index contributed by atoms with van der Waals surface area (Å²) in [6, 6.07) is 15.8. The maximum absolute atomic E-state index is 12.0. The van der Waals surface area contributed by atoms with E-state index in [1.807, 2.05) is 42.5 Å². The van der Waals surface area contributed by atoms with E-state index in [4.69, 9.17) is 4.74 Å². The molecule has 108 valence electrons. The fraction of sp³-hybridized carbons (Fsp3) is 0.235. The van der Waals surface area contributed by atoms with Crippen LogP contribution in [-0.2, 0) is 6.61 Å². The van der Waals surface area contributed by atoms with Crippen LogP contribution in [0.3, 0.4) is 0 Å². The van der Waals surface area contributed by atoms with E-state index in [0.717, 1.165) is 28.6 Å². The standard InChI is InChI=1S/C17H16BrNO2/c18-16-10-14(21-11-12-4-2-1-3-5-12)8-9-15(16)17(20)19-13-6-7-13/h1-5,8-10,13H,6-7,11H2,(H,19,20). The van der Waals surface area contributed by atoms with Crippen LogP contribution in [0.2, 0.25) is 0 Å². The largest absolute Gasteiger partial charge is 0.489 e. The molecule has 3 nitrogen and oxygen atoms in total. The molecule has 3 rings (SSSR count). The monoisotopic (exact) mass is 345 g/mol. The first-order valence-electron chi connectivity index (χ1n) is 6.99. The molecule has 1 saturated carbocycles. The quantitative estimate of drug-likeness (QED) is 0.891. The van der Waals surface area contributed by atoms with Gasteiger partial charge in [0.05, 0.1) is 5.56 Å². The Kier molecular flexibility index (Phi) is 4.25. The Morgan fingerprint density at radius 1 is 1.19 bits per heavy atom. The van der Waals surface area contributed by atoms with Gasteiger partial charge in [-0.3, -0.25) is 4.79 Å². The van der Waals surface area contributed by atoms with E-state index in [9.17, 15) is 4.79 Å². The summed E-state index contributed by atoms with van der Waals surface area (Å²) in [6.45, 7) is 0.515. The fourth-order valence-corrected chi connectivity index (χ4v) is 2.54. The van der Waals surface area contributed by atoms with Gasteiger partial charge in [-0.2, -0.15) is 0 Å². The molecule has 0 spiro atoms. The van der Waals surface area contributed by atoms with Crippen molar-refractivity contribution in [2.75, 3.05) is 0 Å². The molecule has 0 aliphatic heterocycles. The molecule has 0 atom stereocenters. The number of amides is 1. The SMILES string of the molecule is O=C(NC1CC1)c1ccc(OCc2ccccc2)cc1Br. The third kappa shape index (κ3) is 3.85. The van der Waals surface area contributed by atoms with Crippen LogP contribution in [0, 0.1) is 0 Å². The molecular formula is C17H16BrNO2. The molecule has 4 heteroatoms. The minimum Gasteiger partial charge on any atom is -0.489 e. The van der Waals surface area contributed by atoms with Crippen LogP contribution in [0.15, 0.2) is 53.0 Å². The number of carbonyl (C=O) groups excluding carboxylic acids is 1. The van der Waals surface area contributed by atoms with E-state index in [-0.39, 0.29) is 5.91 Å². The van der Waals surface area contributed by atoms with E-state index in [1.54, 1.807) is 6.07 Å². The molecule has 2 aromatic carbocycles.